The molecular formula is C16H21FN2O. The standard InChI is InChI=1S/C16H21FN2O/c1-3-10(2)14-16(20)19(13-8-9-13)15(18-14)11-4-6-12(17)7-5-11/h4-7,10,13-15,18H,3,8-9H2,1-2H3. The first-order valence-electron chi connectivity index (χ1n) is 7.45. The van der Waals surface area contributed by atoms with Crippen molar-refractivity contribution in [2.24, 2.45) is 5.92 Å². The number of hydrogen-bond donors (Lipinski definition) is 1. The van der Waals surface area contributed by atoms with Crippen LogP contribution in [0.5, 0.6) is 0 Å². The van der Waals surface area contributed by atoms with E-state index in [2.05, 4.69) is 19.2 Å². The second-order valence-electron chi connectivity index (χ2n) is 5.96. The molecule has 1 saturated carbocycles. The van der Waals surface area contributed by atoms with E-state index in [-0.39, 0.29) is 23.9 Å². The molecule has 1 amide bonds. The number of benzene rings is 1. The van der Waals surface area contributed by atoms with Gasteiger partial charge in [0.2, 0.25) is 5.91 Å². The van der Waals surface area contributed by atoms with Gasteiger partial charge in [0.15, 0.2) is 0 Å². The van der Waals surface area contributed by atoms with Crippen LogP contribution in [-0.2, 0) is 4.79 Å². The van der Waals surface area contributed by atoms with Crippen LogP contribution >= 0.6 is 0 Å². The van der Waals surface area contributed by atoms with Gasteiger partial charge in [-0.05, 0) is 36.5 Å². The highest BCUT2D eigenvalue weighted by Gasteiger charge is 2.47. The lowest BCUT2D eigenvalue weighted by molar-refractivity contribution is -0.131. The molecule has 1 saturated heterocycles. The summed E-state index contributed by atoms with van der Waals surface area (Å²) in [6, 6.07) is 6.71. The first kappa shape index (κ1) is 13.6. The third kappa shape index (κ3) is 2.33. The molecule has 0 radical (unpaired) electrons. The minimum absolute atomic E-state index is 0.102. The molecule has 0 bridgehead atoms. The van der Waals surface area contributed by atoms with Crippen molar-refractivity contribution in [2.45, 2.75) is 51.4 Å². The molecule has 4 heteroatoms. The minimum Gasteiger partial charge on any atom is -0.319 e. The molecule has 1 aliphatic carbocycles. The molecule has 1 N–H and O–H groups in total. The number of halogens is 1. The van der Waals surface area contributed by atoms with E-state index >= 15 is 0 Å². The highest BCUT2D eigenvalue weighted by molar-refractivity contribution is 5.85. The van der Waals surface area contributed by atoms with E-state index in [4.69, 9.17) is 0 Å². The average Bonchev–Trinajstić information content (AvgIpc) is 3.22. The van der Waals surface area contributed by atoms with E-state index in [1.165, 1.54) is 12.1 Å². The van der Waals surface area contributed by atoms with E-state index in [1.807, 2.05) is 4.90 Å². The van der Waals surface area contributed by atoms with Crippen molar-refractivity contribution in [3.63, 3.8) is 0 Å². The smallest absolute Gasteiger partial charge is 0.241 e. The Morgan fingerprint density at radius 3 is 2.55 bits per heavy atom. The number of nitrogens with zero attached hydrogens (tertiary/aromatic N) is 1. The summed E-state index contributed by atoms with van der Waals surface area (Å²) in [6.45, 7) is 4.21. The van der Waals surface area contributed by atoms with E-state index in [9.17, 15) is 9.18 Å². The summed E-state index contributed by atoms with van der Waals surface area (Å²) in [5, 5.41) is 3.45. The molecule has 2 fully saturated rings. The highest BCUT2D eigenvalue weighted by Crippen LogP contribution is 2.38. The fourth-order valence-electron chi connectivity index (χ4n) is 2.90. The number of rotatable bonds is 4. The molecule has 20 heavy (non-hydrogen) atoms. The van der Waals surface area contributed by atoms with Crippen molar-refractivity contribution < 1.29 is 9.18 Å². The Morgan fingerprint density at radius 2 is 2.00 bits per heavy atom. The SMILES string of the molecule is CCC(C)C1NC(c2ccc(F)cc2)N(C2CC2)C1=O. The van der Waals surface area contributed by atoms with Crippen molar-refractivity contribution in [1.29, 1.82) is 0 Å². The second kappa shape index (κ2) is 5.17. The predicted octanol–water partition coefficient (Wildman–Crippen LogP) is 2.83. The summed E-state index contributed by atoms with van der Waals surface area (Å²) >= 11 is 0. The third-order valence-corrected chi connectivity index (χ3v) is 4.48. The third-order valence-electron chi connectivity index (χ3n) is 4.48. The number of carbonyl (C=O) groups excluding carboxylic acids is 1. The number of carbonyl (C=O) groups is 1. The quantitative estimate of drug-likeness (QED) is 0.917. The zero-order valence-corrected chi connectivity index (χ0v) is 12.0. The fraction of sp³-hybridized carbons (Fsp3) is 0.562. The average molecular weight is 276 g/mol. The van der Waals surface area contributed by atoms with Crippen molar-refractivity contribution in [1.82, 2.24) is 10.2 Å². The van der Waals surface area contributed by atoms with Crippen LogP contribution in [-0.4, -0.2) is 22.9 Å². The molecular weight excluding hydrogens is 255 g/mol. The van der Waals surface area contributed by atoms with E-state index in [1.54, 1.807) is 12.1 Å². The molecule has 3 nitrogen and oxygen atoms in total. The summed E-state index contributed by atoms with van der Waals surface area (Å²) < 4.78 is 13.1. The summed E-state index contributed by atoms with van der Waals surface area (Å²) in [5.74, 6) is 0.278. The topological polar surface area (TPSA) is 32.3 Å². The molecule has 108 valence electrons. The first-order valence-corrected chi connectivity index (χ1v) is 7.45. The Hall–Kier alpha value is -1.42. The van der Waals surface area contributed by atoms with Crippen molar-refractivity contribution in [3.05, 3.63) is 35.6 Å². The van der Waals surface area contributed by atoms with Gasteiger partial charge in [0.25, 0.3) is 0 Å². The molecule has 3 unspecified atom stereocenters. The van der Waals surface area contributed by atoms with E-state index in [0.29, 0.717) is 12.0 Å². The van der Waals surface area contributed by atoms with Gasteiger partial charge in [-0.15, -0.1) is 0 Å². The van der Waals surface area contributed by atoms with Crippen molar-refractivity contribution in [2.75, 3.05) is 0 Å². The number of nitrogens with one attached hydrogen (secondary N) is 1. The summed E-state index contributed by atoms with van der Waals surface area (Å²) in [6.07, 6.45) is 3.03. The van der Waals surface area contributed by atoms with Gasteiger partial charge in [0.1, 0.15) is 12.0 Å². The molecule has 1 aromatic carbocycles. The molecule has 0 spiro atoms. The van der Waals surface area contributed by atoms with Gasteiger partial charge in [-0.2, -0.15) is 0 Å². The van der Waals surface area contributed by atoms with Gasteiger partial charge in [-0.1, -0.05) is 32.4 Å². The van der Waals surface area contributed by atoms with Gasteiger partial charge in [-0.3, -0.25) is 10.1 Å². The molecule has 3 rings (SSSR count). The Kier molecular flexibility index (Phi) is 3.50. The zero-order chi connectivity index (χ0) is 14.3. The summed E-state index contributed by atoms with van der Waals surface area (Å²) in [4.78, 5) is 14.6. The Bertz CT molecular complexity index is 498. The Morgan fingerprint density at radius 1 is 1.35 bits per heavy atom. The lowest BCUT2D eigenvalue weighted by Gasteiger charge is -2.24. The fourth-order valence-corrected chi connectivity index (χ4v) is 2.90. The predicted molar refractivity (Wildman–Crippen MR) is 75.4 cm³/mol. The Labute approximate surface area is 119 Å². The first-order chi connectivity index (χ1) is 9.61. The van der Waals surface area contributed by atoms with Crippen LogP contribution in [0.15, 0.2) is 24.3 Å². The van der Waals surface area contributed by atoms with Gasteiger partial charge < -0.3 is 4.90 Å². The van der Waals surface area contributed by atoms with Crippen LogP contribution in [0.4, 0.5) is 4.39 Å². The highest BCUT2D eigenvalue weighted by atomic mass is 19.1. The normalized spacial score (nSPS) is 27.9. The van der Waals surface area contributed by atoms with Gasteiger partial charge in [0, 0.05) is 6.04 Å². The van der Waals surface area contributed by atoms with Crippen molar-refractivity contribution >= 4 is 5.91 Å². The number of hydrogen-bond acceptors (Lipinski definition) is 2. The van der Waals surface area contributed by atoms with E-state index < -0.39 is 0 Å². The Balaban J connectivity index is 1.88. The van der Waals surface area contributed by atoms with E-state index in [0.717, 1.165) is 24.8 Å². The lowest BCUT2D eigenvalue weighted by Crippen LogP contribution is -2.36. The molecule has 1 heterocycles. The van der Waals surface area contributed by atoms with Crippen LogP contribution in [0, 0.1) is 11.7 Å². The minimum atomic E-state index is -0.241. The van der Waals surface area contributed by atoms with Gasteiger partial charge in [0.05, 0.1) is 6.04 Å². The summed E-state index contributed by atoms with van der Waals surface area (Å²) in [7, 11) is 0. The molecule has 1 aromatic rings. The maximum atomic E-state index is 13.1. The molecule has 0 aromatic heterocycles. The van der Waals surface area contributed by atoms with Crippen LogP contribution in [0.1, 0.15) is 44.8 Å². The van der Waals surface area contributed by atoms with Crippen LogP contribution in [0.3, 0.4) is 0 Å². The summed E-state index contributed by atoms with van der Waals surface area (Å²) in [5.41, 5.74) is 0.970. The molecule has 3 atom stereocenters. The molecule has 2 aliphatic rings. The largest absolute Gasteiger partial charge is 0.319 e. The van der Waals surface area contributed by atoms with Gasteiger partial charge >= 0.3 is 0 Å². The lowest BCUT2D eigenvalue weighted by atomic mass is 9.99. The molecule has 1 aliphatic heterocycles. The monoisotopic (exact) mass is 276 g/mol. The maximum Gasteiger partial charge on any atom is 0.241 e. The second-order valence-corrected chi connectivity index (χ2v) is 5.96. The van der Waals surface area contributed by atoms with Crippen LogP contribution in [0.2, 0.25) is 0 Å². The van der Waals surface area contributed by atoms with Gasteiger partial charge in [-0.25, -0.2) is 4.39 Å². The maximum absolute atomic E-state index is 13.1. The number of amides is 1. The van der Waals surface area contributed by atoms with Crippen LogP contribution in [0.25, 0.3) is 0 Å². The zero-order valence-electron chi connectivity index (χ0n) is 12.0. The van der Waals surface area contributed by atoms with Crippen LogP contribution < -0.4 is 5.32 Å². The van der Waals surface area contributed by atoms with Crippen molar-refractivity contribution in [3.8, 4) is 0 Å².